The highest BCUT2D eigenvalue weighted by Gasteiger charge is 2.41. The van der Waals surface area contributed by atoms with E-state index in [9.17, 15) is 23.5 Å². The monoisotopic (exact) mass is 401 g/mol. The van der Waals surface area contributed by atoms with E-state index in [0.29, 0.717) is 16.8 Å². The number of aliphatic carboxylic acids is 1. The summed E-state index contributed by atoms with van der Waals surface area (Å²) in [5.41, 5.74) is 1.44. The Kier molecular flexibility index (Phi) is 4.90. The van der Waals surface area contributed by atoms with Gasteiger partial charge in [-0.2, -0.15) is 0 Å². The first kappa shape index (κ1) is 18.6. The molecule has 1 aliphatic heterocycles. The molecule has 3 rings (SSSR count). The van der Waals surface area contributed by atoms with Crippen molar-refractivity contribution in [3.8, 4) is 0 Å². The van der Waals surface area contributed by atoms with Gasteiger partial charge in [0.05, 0.1) is 27.9 Å². The second-order valence-electron chi connectivity index (χ2n) is 5.96. The normalized spacial score (nSPS) is 20.0. The van der Waals surface area contributed by atoms with Crippen LogP contribution in [0.2, 0.25) is 0 Å². The zero-order valence-electron chi connectivity index (χ0n) is 13.5. The first-order chi connectivity index (χ1) is 12.2. The molecule has 138 valence electrons. The molecule has 0 saturated heterocycles. The highest BCUT2D eigenvalue weighted by atomic mass is 35.5. The van der Waals surface area contributed by atoms with Crippen LogP contribution in [0.4, 0.5) is 8.78 Å². The van der Waals surface area contributed by atoms with Gasteiger partial charge in [-0.15, -0.1) is 11.3 Å². The van der Waals surface area contributed by atoms with Crippen LogP contribution in [-0.2, 0) is 4.79 Å². The summed E-state index contributed by atoms with van der Waals surface area (Å²) in [7, 11) is 0. The minimum absolute atomic E-state index is 0.107. The average molecular weight is 402 g/mol. The summed E-state index contributed by atoms with van der Waals surface area (Å²) >= 11 is 6.80. The second-order valence-corrected chi connectivity index (χ2v) is 7.36. The quantitative estimate of drug-likeness (QED) is 0.773. The van der Waals surface area contributed by atoms with E-state index >= 15 is 0 Å². The summed E-state index contributed by atoms with van der Waals surface area (Å²) in [6.45, 7) is 1.60. The largest absolute Gasteiger partial charge is 0.507 e. The van der Waals surface area contributed by atoms with Crippen LogP contribution in [0.15, 0.2) is 45.2 Å². The number of halogens is 3. The molecular weight excluding hydrogens is 388 g/mol. The van der Waals surface area contributed by atoms with Gasteiger partial charge in [0.1, 0.15) is 5.76 Å². The van der Waals surface area contributed by atoms with E-state index in [1.165, 1.54) is 16.4 Å². The fourth-order valence-electron chi connectivity index (χ4n) is 3.21. The first-order valence-corrected chi connectivity index (χ1v) is 8.87. The molecule has 0 aromatic carbocycles. The lowest BCUT2D eigenvalue weighted by atomic mass is 9.92. The number of carboxylic acid groups (broad SMARTS) is 1. The molecule has 1 unspecified atom stereocenters. The number of aliphatic hydroxyl groups excluding tert-OH is 1. The molecule has 2 heterocycles. The third kappa shape index (κ3) is 3.14. The van der Waals surface area contributed by atoms with Crippen molar-refractivity contribution in [2.24, 2.45) is 0 Å². The van der Waals surface area contributed by atoms with Crippen LogP contribution in [0.3, 0.4) is 0 Å². The molecule has 5 nitrogen and oxygen atoms in total. The van der Waals surface area contributed by atoms with Crippen molar-refractivity contribution in [3.63, 3.8) is 0 Å². The molecule has 9 heteroatoms. The second kappa shape index (κ2) is 6.85. The fraction of sp³-hybridized carbons (Fsp3) is 0.294. The summed E-state index contributed by atoms with van der Waals surface area (Å²) in [6.07, 6.45) is -1.51. The Labute approximate surface area is 156 Å². The number of hydrogen-bond acceptors (Lipinski definition) is 4. The lowest BCUT2D eigenvalue weighted by Gasteiger charge is -2.29. The summed E-state index contributed by atoms with van der Waals surface area (Å²) in [4.78, 5) is 25.3. The topological polar surface area (TPSA) is 77.8 Å². The van der Waals surface area contributed by atoms with Crippen LogP contribution in [-0.4, -0.2) is 33.0 Å². The van der Waals surface area contributed by atoms with E-state index < -0.39 is 24.3 Å². The molecule has 2 N–H and O–H groups in total. The third-order valence-electron chi connectivity index (χ3n) is 4.39. The molecule has 1 aliphatic carbocycles. The van der Waals surface area contributed by atoms with Crippen LogP contribution in [0.1, 0.15) is 41.4 Å². The van der Waals surface area contributed by atoms with Crippen LogP contribution in [0.25, 0.3) is 0 Å². The number of fused-ring (bicyclic) bond motifs is 1. The molecule has 1 atom stereocenters. The van der Waals surface area contributed by atoms with E-state index in [1.807, 2.05) is 0 Å². The number of carbonyl (C=O) groups excluding carboxylic acids is 1. The SMILES string of the molecule is CC1=C(CC(=O)O)C2=CC(O)=C(Cl)CC2N1C(=O)c1csc(C(F)F)c1. The molecule has 0 radical (unpaired) electrons. The number of alkyl halides is 2. The van der Waals surface area contributed by atoms with Gasteiger partial charge in [0.15, 0.2) is 0 Å². The van der Waals surface area contributed by atoms with Crippen molar-refractivity contribution in [3.05, 3.63) is 55.6 Å². The van der Waals surface area contributed by atoms with Crippen molar-refractivity contribution in [1.82, 2.24) is 4.90 Å². The van der Waals surface area contributed by atoms with Crippen LogP contribution in [0.5, 0.6) is 0 Å². The molecule has 1 aromatic rings. The van der Waals surface area contributed by atoms with Crippen LogP contribution >= 0.6 is 22.9 Å². The number of hydrogen-bond donors (Lipinski definition) is 2. The van der Waals surface area contributed by atoms with E-state index in [2.05, 4.69) is 0 Å². The van der Waals surface area contributed by atoms with Gasteiger partial charge in [-0.05, 0) is 30.2 Å². The first-order valence-electron chi connectivity index (χ1n) is 7.62. The van der Waals surface area contributed by atoms with Gasteiger partial charge in [0.25, 0.3) is 12.3 Å². The maximum atomic E-state index is 12.9. The fourth-order valence-corrected chi connectivity index (χ4v) is 4.14. The van der Waals surface area contributed by atoms with E-state index in [-0.39, 0.29) is 34.1 Å². The average Bonchev–Trinajstić information content (AvgIpc) is 3.13. The van der Waals surface area contributed by atoms with E-state index in [4.69, 9.17) is 16.7 Å². The maximum Gasteiger partial charge on any atom is 0.307 e. The zero-order chi connectivity index (χ0) is 19.2. The minimum Gasteiger partial charge on any atom is -0.507 e. The highest BCUT2D eigenvalue weighted by molar-refractivity contribution is 7.10. The van der Waals surface area contributed by atoms with Crippen LogP contribution in [0, 0.1) is 0 Å². The van der Waals surface area contributed by atoms with Crippen molar-refractivity contribution in [2.75, 3.05) is 0 Å². The minimum atomic E-state index is -2.67. The van der Waals surface area contributed by atoms with Crippen molar-refractivity contribution >= 4 is 34.8 Å². The summed E-state index contributed by atoms with van der Waals surface area (Å²) in [6, 6.07) is 0.566. The summed E-state index contributed by atoms with van der Waals surface area (Å²) in [5.74, 6) is -1.75. The Morgan fingerprint density at radius 2 is 2.15 bits per heavy atom. The Hall–Kier alpha value is -2.19. The number of aliphatic hydroxyl groups is 1. The van der Waals surface area contributed by atoms with E-state index in [1.54, 1.807) is 6.92 Å². The molecular formula is C17H14ClF2NO4S. The van der Waals surface area contributed by atoms with E-state index in [0.717, 1.165) is 17.4 Å². The number of allylic oxidation sites excluding steroid dienone is 2. The standard InChI is InChI=1S/C17H14ClF2NO4S/c1-7-9(4-15(23)24)10-3-13(22)11(18)5-12(10)21(7)17(25)8-2-14(16(19)20)26-6-8/h2-3,6,12,16,22H,4-5H2,1H3,(H,23,24). The van der Waals surface area contributed by atoms with Crippen molar-refractivity contribution in [2.45, 2.75) is 32.2 Å². The van der Waals surface area contributed by atoms with Gasteiger partial charge in [0.2, 0.25) is 0 Å². The molecule has 2 aliphatic rings. The van der Waals surface area contributed by atoms with Gasteiger partial charge in [-0.3, -0.25) is 9.59 Å². The predicted molar refractivity (Wildman–Crippen MR) is 92.4 cm³/mol. The Balaban J connectivity index is 2.03. The lowest BCUT2D eigenvalue weighted by Crippen LogP contribution is -2.37. The molecule has 0 saturated carbocycles. The predicted octanol–water partition coefficient (Wildman–Crippen LogP) is 4.60. The smallest absolute Gasteiger partial charge is 0.307 e. The Morgan fingerprint density at radius 3 is 2.73 bits per heavy atom. The van der Waals surface area contributed by atoms with Crippen molar-refractivity contribution < 1.29 is 28.6 Å². The highest BCUT2D eigenvalue weighted by Crippen LogP contribution is 2.43. The lowest BCUT2D eigenvalue weighted by molar-refractivity contribution is -0.136. The summed E-state index contributed by atoms with van der Waals surface area (Å²) < 4.78 is 25.6. The number of nitrogens with zero attached hydrogens (tertiary/aromatic N) is 1. The van der Waals surface area contributed by atoms with Gasteiger partial charge in [-0.25, -0.2) is 8.78 Å². The number of carboxylic acids is 1. The number of rotatable bonds is 4. The van der Waals surface area contributed by atoms with Crippen molar-refractivity contribution in [1.29, 1.82) is 0 Å². The van der Waals surface area contributed by atoms with Gasteiger partial charge in [-0.1, -0.05) is 11.6 Å². The maximum absolute atomic E-state index is 12.9. The van der Waals surface area contributed by atoms with Gasteiger partial charge in [0, 0.05) is 17.5 Å². The molecule has 0 bridgehead atoms. The molecule has 26 heavy (non-hydrogen) atoms. The number of amides is 1. The number of carbonyl (C=O) groups is 2. The number of thiophene rings is 1. The Morgan fingerprint density at radius 1 is 1.46 bits per heavy atom. The van der Waals surface area contributed by atoms with Gasteiger partial charge >= 0.3 is 5.97 Å². The summed E-state index contributed by atoms with van der Waals surface area (Å²) in [5, 5.41) is 20.6. The third-order valence-corrected chi connectivity index (χ3v) is 5.68. The zero-order valence-corrected chi connectivity index (χ0v) is 15.1. The Bertz CT molecular complexity index is 887. The molecule has 1 amide bonds. The molecule has 0 fully saturated rings. The van der Waals surface area contributed by atoms with Crippen LogP contribution < -0.4 is 0 Å². The molecule has 1 aromatic heterocycles. The van der Waals surface area contributed by atoms with Gasteiger partial charge < -0.3 is 15.1 Å². The molecule has 0 spiro atoms.